The smallest absolute Gasteiger partial charge is 0.175 e. The molecular weight excluding hydrogens is 437 g/mol. The van der Waals surface area contributed by atoms with Crippen LogP contribution in [0.3, 0.4) is 0 Å². The van der Waals surface area contributed by atoms with Gasteiger partial charge in [-0.2, -0.15) is 0 Å². The van der Waals surface area contributed by atoms with E-state index in [9.17, 15) is 0 Å². The van der Waals surface area contributed by atoms with Crippen molar-refractivity contribution in [3.05, 3.63) is 57.0 Å². The fraction of sp³-hybridized carbons (Fsp3) is 0.400. The highest BCUT2D eigenvalue weighted by Gasteiger charge is 2.16. The minimum atomic E-state index is 0. The Balaban J connectivity index is 0.00000338. The molecule has 0 amide bonds. The van der Waals surface area contributed by atoms with Crippen molar-refractivity contribution >= 4 is 39.9 Å². The average Bonchev–Trinajstić information content (AvgIpc) is 2.60. The summed E-state index contributed by atoms with van der Waals surface area (Å²) in [6, 6.07) is 11.7. The van der Waals surface area contributed by atoms with Gasteiger partial charge in [0.15, 0.2) is 11.5 Å². The van der Waals surface area contributed by atoms with Gasteiger partial charge in [0.2, 0.25) is 0 Å². The summed E-state index contributed by atoms with van der Waals surface area (Å²) in [6.45, 7) is 7.79. The first-order valence-electron chi connectivity index (χ1n) is 8.33. The summed E-state index contributed by atoms with van der Waals surface area (Å²) in [6.07, 6.45) is 1.06. The van der Waals surface area contributed by atoms with Crippen LogP contribution in [0.4, 0.5) is 0 Å². The number of ether oxygens (including phenoxy) is 2. The van der Waals surface area contributed by atoms with Gasteiger partial charge >= 0.3 is 0 Å². The molecule has 2 rings (SSSR count). The Morgan fingerprint density at radius 2 is 1.77 bits per heavy atom. The van der Waals surface area contributed by atoms with Gasteiger partial charge in [0, 0.05) is 17.1 Å². The second-order valence-corrected chi connectivity index (χ2v) is 7.91. The van der Waals surface area contributed by atoms with E-state index in [0.717, 1.165) is 39.3 Å². The fourth-order valence-corrected chi connectivity index (χ4v) is 2.95. The van der Waals surface area contributed by atoms with Crippen LogP contribution in [0, 0.1) is 0 Å². The normalized spacial score (nSPS) is 11.0. The molecule has 0 atom stereocenters. The van der Waals surface area contributed by atoms with E-state index in [0.29, 0.717) is 12.4 Å². The van der Waals surface area contributed by atoms with Crippen molar-refractivity contribution in [2.75, 3.05) is 7.11 Å². The van der Waals surface area contributed by atoms with Gasteiger partial charge in [-0.3, -0.25) is 0 Å². The predicted molar refractivity (Wildman–Crippen MR) is 115 cm³/mol. The Bertz CT molecular complexity index is 706. The second-order valence-electron chi connectivity index (χ2n) is 6.62. The molecule has 26 heavy (non-hydrogen) atoms. The number of hydrogen-bond acceptors (Lipinski definition) is 3. The van der Waals surface area contributed by atoms with Crippen molar-refractivity contribution < 1.29 is 9.47 Å². The SMILES string of the molecule is CCC(C)(C)NCc1cc(Br)c(OCc2ccc(Cl)cc2)c(OC)c1.Cl. The van der Waals surface area contributed by atoms with Gasteiger partial charge in [-0.25, -0.2) is 0 Å². The molecule has 3 nitrogen and oxygen atoms in total. The number of halogens is 3. The van der Waals surface area contributed by atoms with Crippen molar-refractivity contribution in [1.29, 1.82) is 0 Å². The predicted octanol–water partition coefficient (Wildman–Crippen LogP) is 6.39. The molecule has 0 aliphatic rings. The standard InChI is InChI=1S/C20H25BrClNO2.ClH/c1-5-20(2,3)23-12-15-10-17(21)19(18(11-15)24-4)25-13-14-6-8-16(22)9-7-14;/h6-11,23H,5,12-13H2,1-4H3;1H. The van der Waals surface area contributed by atoms with E-state index in [1.807, 2.05) is 30.3 Å². The van der Waals surface area contributed by atoms with Crippen LogP contribution in [0.1, 0.15) is 38.3 Å². The van der Waals surface area contributed by atoms with Crippen LogP contribution < -0.4 is 14.8 Å². The minimum absolute atomic E-state index is 0. The molecule has 0 saturated heterocycles. The number of rotatable bonds is 8. The quantitative estimate of drug-likeness (QED) is 0.492. The number of hydrogen-bond donors (Lipinski definition) is 1. The number of nitrogens with one attached hydrogen (secondary N) is 1. The molecule has 0 saturated carbocycles. The molecule has 144 valence electrons. The average molecular weight is 463 g/mol. The lowest BCUT2D eigenvalue weighted by Crippen LogP contribution is -2.37. The first-order chi connectivity index (χ1) is 11.8. The molecule has 2 aromatic rings. The molecule has 0 spiro atoms. The van der Waals surface area contributed by atoms with Gasteiger partial charge in [0.05, 0.1) is 11.6 Å². The van der Waals surface area contributed by atoms with Gasteiger partial charge in [-0.1, -0.05) is 30.7 Å². The van der Waals surface area contributed by atoms with E-state index in [1.54, 1.807) is 7.11 Å². The Morgan fingerprint density at radius 1 is 1.12 bits per heavy atom. The van der Waals surface area contributed by atoms with Gasteiger partial charge < -0.3 is 14.8 Å². The monoisotopic (exact) mass is 461 g/mol. The maximum atomic E-state index is 5.97. The summed E-state index contributed by atoms with van der Waals surface area (Å²) in [5.41, 5.74) is 2.29. The van der Waals surface area contributed by atoms with Crippen LogP contribution in [-0.4, -0.2) is 12.6 Å². The van der Waals surface area contributed by atoms with Crippen molar-refractivity contribution in [2.45, 2.75) is 45.9 Å². The summed E-state index contributed by atoms with van der Waals surface area (Å²) in [4.78, 5) is 0. The van der Waals surface area contributed by atoms with Crippen molar-refractivity contribution in [3.63, 3.8) is 0 Å². The van der Waals surface area contributed by atoms with Gasteiger partial charge in [0.25, 0.3) is 0 Å². The van der Waals surface area contributed by atoms with Crippen molar-refractivity contribution in [1.82, 2.24) is 5.32 Å². The first-order valence-corrected chi connectivity index (χ1v) is 9.50. The number of methoxy groups -OCH3 is 1. The van der Waals surface area contributed by atoms with Gasteiger partial charge in [-0.05, 0) is 71.6 Å². The Labute approximate surface area is 176 Å². The lowest BCUT2D eigenvalue weighted by molar-refractivity contribution is 0.282. The van der Waals surface area contributed by atoms with Crippen LogP contribution >= 0.6 is 39.9 Å². The molecular formula is C20H26BrCl2NO2. The van der Waals surface area contributed by atoms with Crippen LogP contribution in [0.5, 0.6) is 11.5 Å². The van der Waals surface area contributed by atoms with E-state index >= 15 is 0 Å². The molecule has 0 aliphatic carbocycles. The van der Waals surface area contributed by atoms with E-state index < -0.39 is 0 Å². The first kappa shape index (κ1) is 23.1. The van der Waals surface area contributed by atoms with Crippen LogP contribution in [-0.2, 0) is 13.2 Å². The van der Waals surface area contributed by atoms with E-state index in [1.165, 1.54) is 0 Å². The second kappa shape index (κ2) is 10.4. The lowest BCUT2D eigenvalue weighted by atomic mass is 10.0. The largest absolute Gasteiger partial charge is 0.493 e. The zero-order valence-corrected chi connectivity index (χ0v) is 18.7. The molecule has 0 unspecified atom stereocenters. The fourth-order valence-electron chi connectivity index (χ4n) is 2.22. The third-order valence-electron chi connectivity index (χ3n) is 4.24. The molecule has 0 bridgehead atoms. The summed E-state index contributed by atoms with van der Waals surface area (Å²) in [5, 5.41) is 4.27. The van der Waals surface area contributed by atoms with Crippen LogP contribution in [0.25, 0.3) is 0 Å². The molecule has 0 fully saturated rings. The van der Waals surface area contributed by atoms with Gasteiger partial charge in [-0.15, -0.1) is 12.4 Å². The summed E-state index contributed by atoms with van der Waals surface area (Å²) in [5.74, 6) is 1.42. The van der Waals surface area contributed by atoms with E-state index in [-0.39, 0.29) is 17.9 Å². The molecule has 0 aromatic heterocycles. The highest BCUT2D eigenvalue weighted by atomic mass is 79.9. The third kappa shape index (κ3) is 6.66. The summed E-state index contributed by atoms with van der Waals surface area (Å²) < 4.78 is 12.4. The number of benzene rings is 2. The summed E-state index contributed by atoms with van der Waals surface area (Å²) >= 11 is 9.52. The molecule has 0 aliphatic heterocycles. The zero-order valence-electron chi connectivity index (χ0n) is 15.6. The Kier molecular flexibility index (Phi) is 9.25. The van der Waals surface area contributed by atoms with E-state index in [2.05, 4.69) is 48.1 Å². The molecule has 2 aromatic carbocycles. The highest BCUT2D eigenvalue weighted by Crippen LogP contribution is 2.37. The Hall–Kier alpha value is -0.940. The zero-order chi connectivity index (χ0) is 18.4. The molecule has 6 heteroatoms. The Morgan fingerprint density at radius 3 is 2.35 bits per heavy atom. The van der Waals surface area contributed by atoms with Crippen molar-refractivity contribution in [3.8, 4) is 11.5 Å². The van der Waals surface area contributed by atoms with E-state index in [4.69, 9.17) is 21.1 Å². The van der Waals surface area contributed by atoms with Crippen molar-refractivity contribution in [2.24, 2.45) is 0 Å². The molecule has 0 radical (unpaired) electrons. The topological polar surface area (TPSA) is 30.5 Å². The lowest BCUT2D eigenvalue weighted by Gasteiger charge is -2.25. The van der Waals surface area contributed by atoms with Gasteiger partial charge in [0.1, 0.15) is 6.61 Å². The summed E-state index contributed by atoms with van der Waals surface area (Å²) in [7, 11) is 1.66. The molecule has 1 N–H and O–H groups in total. The highest BCUT2D eigenvalue weighted by molar-refractivity contribution is 9.10. The maximum Gasteiger partial charge on any atom is 0.175 e. The maximum absolute atomic E-state index is 5.97. The third-order valence-corrected chi connectivity index (χ3v) is 5.08. The van der Waals surface area contributed by atoms with Crippen LogP contribution in [0.15, 0.2) is 40.9 Å². The molecule has 0 heterocycles. The minimum Gasteiger partial charge on any atom is -0.493 e. The van der Waals surface area contributed by atoms with Crippen LogP contribution in [0.2, 0.25) is 5.02 Å².